The topological polar surface area (TPSA) is 59.2 Å². The molecule has 0 radical (unpaired) electrons. The number of benzene rings is 2. The van der Waals surface area contributed by atoms with Crippen molar-refractivity contribution < 1.29 is 9.53 Å². The number of halogens is 1. The fourth-order valence-corrected chi connectivity index (χ4v) is 3.43. The van der Waals surface area contributed by atoms with E-state index in [2.05, 4.69) is 18.8 Å². The van der Waals surface area contributed by atoms with E-state index in [1.165, 1.54) is 17.4 Å². The molecule has 1 N–H and O–H groups in total. The largest absolute Gasteiger partial charge is 0.493 e. The number of thiazole rings is 1. The number of hydrogen-bond donors (Lipinski definition) is 1. The van der Waals surface area contributed by atoms with E-state index in [0.717, 1.165) is 11.3 Å². The number of aromatic amines is 1. The van der Waals surface area contributed by atoms with Gasteiger partial charge < -0.3 is 9.72 Å². The molecule has 0 unspecified atom stereocenters. The highest BCUT2D eigenvalue weighted by Gasteiger charge is 2.03. The molecule has 6 heteroatoms. The zero-order chi connectivity index (χ0) is 20.1. The van der Waals surface area contributed by atoms with Gasteiger partial charge in [-0.25, -0.2) is 0 Å². The average Bonchev–Trinajstić information content (AvgIpc) is 3.00. The van der Waals surface area contributed by atoms with Gasteiger partial charge in [0.15, 0.2) is 5.78 Å². The smallest absolute Gasteiger partial charge is 0.266 e. The monoisotopic (exact) mass is 413 g/mol. The molecule has 0 aliphatic rings. The zero-order valence-corrected chi connectivity index (χ0v) is 17.1. The van der Waals surface area contributed by atoms with Crippen molar-refractivity contribution in [3.05, 3.63) is 84.2 Å². The van der Waals surface area contributed by atoms with E-state index >= 15 is 0 Å². The molecule has 3 rings (SSSR count). The van der Waals surface area contributed by atoms with E-state index in [-0.39, 0.29) is 11.3 Å². The lowest BCUT2D eigenvalue weighted by Crippen LogP contribution is -2.20. The predicted molar refractivity (Wildman–Crippen MR) is 115 cm³/mol. The van der Waals surface area contributed by atoms with Crippen LogP contribution in [0.3, 0.4) is 0 Å². The first-order valence-corrected chi connectivity index (χ1v) is 10.1. The van der Waals surface area contributed by atoms with Crippen LogP contribution in [-0.2, 0) is 0 Å². The van der Waals surface area contributed by atoms with Crippen molar-refractivity contribution >= 4 is 40.9 Å². The minimum atomic E-state index is -0.222. The highest BCUT2D eigenvalue weighted by molar-refractivity contribution is 7.07. The number of carbonyl (C=O) groups is 1. The van der Waals surface area contributed by atoms with Gasteiger partial charge in [0.1, 0.15) is 5.75 Å². The van der Waals surface area contributed by atoms with Crippen molar-refractivity contribution in [1.29, 1.82) is 0 Å². The molecule has 144 valence electrons. The lowest BCUT2D eigenvalue weighted by Gasteiger charge is -2.08. The minimum absolute atomic E-state index is 0.188. The van der Waals surface area contributed by atoms with Crippen LogP contribution in [0.4, 0.5) is 0 Å². The van der Waals surface area contributed by atoms with E-state index < -0.39 is 0 Å². The van der Waals surface area contributed by atoms with Crippen molar-refractivity contribution in [2.45, 2.75) is 13.8 Å². The summed E-state index contributed by atoms with van der Waals surface area (Å²) in [6.07, 6.45) is 3.22. The van der Waals surface area contributed by atoms with Crippen molar-refractivity contribution in [3.63, 3.8) is 0 Å². The molecule has 1 heterocycles. The fraction of sp³-hybridized carbons (Fsp3) is 0.182. The normalized spacial score (nSPS) is 12.6. The number of aromatic nitrogens is 1. The van der Waals surface area contributed by atoms with Crippen LogP contribution in [0.5, 0.6) is 5.75 Å². The summed E-state index contributed by atoms with van der Waals surface area (Å²) in [6.45, 7) is 4.85. The molecule has 3 aromatic rings. The Balaban J connectivity index is 1.82. The quantitative estimate of drug-likeness (QED) is 0.628. The van der Waals surface area contributed by atoms with Crippen molar-refractivity contribution in [3.8, 4) is 5.75 Å². The molecule has 0 saturated heterocycles. The number of Topliss-reactive ketones (excluding diaryl/α,β-unsaturated/α-hetero) is 1. The number of ether oxygens (including phenoxy) is 1. The molecule has 0 aliphatic carbocycles. The second-order valence-electron chi connectivity index (χ2n) is 6.72. The second kappa shape index (κ2) is 9.04. The van der Waals surface area contributed by atoms with Gasteiger partial charge in [0, 0.05) is 16.7 Å². The summed E-state index contributed by atoms with van der Waals surface area (Å²) in [6, 6.07) is 14.2. The molecule has 0 saturated carbocycles. The number of carbonyl (C=O) groups excluding carboxylic acids is 1. The van der Waals surface area contributed by atoms with Crippen LogP contribution in [0.25, 0.3) is 12.2 Å². The maximum Gasteiger partial charge on any atom is 0.266 e. The molecule has 1 aromatic heterocycles. The maximum absolute atomic E-state index is 12.3. The maximum atomic E-state index is 12.3. The highest BCUT2D eigenvalue weighted by atomic mass is 35.5. The third-order valence-electron chi connectivity index (χ3n) is 3.83. The number of ketones is 1. The summed E-state index contributed by atoms with van der Waals surface area (Å²) in [4.78, 5) is 27.2. The second-order valence-corrected chi connectivity index (χ2v) is 8.24. The number of hydrogen-bond acceptors (Lipinski definition) is 4. The number of nitrogens with one attached hydrogen (secondary N) is 1. The zero-order valence-electron chi connectivity index (χ0n) is 15.6. The van der Waals surface area contributed by atoms with Crippen LogP contribution in [0.1, 0.15) is 29.8 Å². The van der Waals surface area contributed by atoms with Gasteiger partial charge in [0.05, 0.1) is 15.8 Å². The lowest BCUT2D eigenvalue weighted by molar-refractivity contribution is 0.106. The van der Waals surface area contributed by atoms with Gasteiger partial charge in [0.2, 0.25) is 0 Å². The van der Waals surface area contributed by atoms with E-state index in [1.54, 1.807) is 30.3 Å². The Morgan fingerprint density at radius 3 is 2.46 bits per heavy atom. The third kappa shape index (κ3) is 5.44. The van der Waals surface area contributed by atoms with E-state index in [1.807, 2.05) is 24.3 Å². The first-order chi connectivity index (χ1) is 13.4. The summed E-state index contributed by atoms with van der Waals surface area (Å²) in [5, 5.41) is 0.568. The predicted octanol–water partition coefficient (Wildman–Crippen LogP) is 3.62. The molecule has 0 amide bonds. The molecule has 0 spiro atoms. The Kier molecular flexibility index (Phi) is 6.49. The molecule has 0 bridgehead atoms. The van der Waals surface area contributed by atoms with Gasteiger partial charge in [-0.2, -0.15) is 0 Å². The van der Waals surface area contributed by atoms with E-state index in [4.69, 9.17) is 16.3 Å². The molecule has 0 atom stereocenters. The Morgan fingerprint density at radius 1 is 1.14 bits per heavy atom. The summed E-state index contributed by atoms with van der Waals surface area (Å²) in [5.74, 6) is 1.07. The van der Waals surface area contributed by atoms with Crippen LogP contribution in [-0.4, -0.2) is 17.4 Å². The van der Waals surface area contributed by atoms with Gasteiger partial charge in [-0.05, 0) is 54.0 Å². The first kappa shape index (κ1) is 20.1. The van der Waals surface area contributed by atoms with Crippen LogP contribution in [0, 0.1) is 5.92 Å². The van der Waals surface area contributed by atoms with Gasteiger partial charge >= 0.3 is 0 Å². The van der Waals surface area contributed by atoms with Crippen LogP contribution >= 0.6 is 22.9 Å². The molecule has 28 heavy (non-hydrogen) atoms. The summed E-state index contributed by atoms with van der Waals surface area (Å²) in [7, 11) is 0. The van der Waals surface area contributed by atoms with Gasteiger partial charge in [-0.15, -0.1) is 11.3 Å². The summed E-state index contributed by atoms with van der Waals surface area (Å²) >= 11 is 7.08. The Labute approximate surface area is 171 Å². The highest BCUT2D eigenvalue weighted by Crippen LogP contribution is 2.13. The van der Waals surface area contributed by atoms with Crippen molar-refractivity contribution in [2.24, 2.45) is 5.92 Å². The fourth-order valence-electron chi connectivity index (χ4n) is 2.42. The van der Waals surface area contributed by atoms with Crippen LogP contribution in [0.2, 0.25) is 5.02 Å². The molecule has 0 fully saturated rings. The molecular weight excluding hydrogens is 394 g/mol. The van der Waals surface area contributed by atoms with E-state index in [0.29, 0.717) is 32.3 Å². The molecule has 2 aromatic carbocycles. The van der Waals surface area contributed by atoms with Gasteiger partial charge in [-0.1, -0.05) is 37.6 Å². The number of H-pyrrole nitrogens is 1. The molecule has 0 aliphatic heterocycles. The minimum Gasteiger partial charge on any atom is -0.493 e. The molecular formula is C22H20ClNO3S. The van der Waals surface area contributed by atoms with Gasteiger partial charge in [-0.3, -0.25) is 9.59 Å². The Morgan fingerprint density at radius 2 is 1.82 bits per heavy atom. The number of rotatable bonds is 6. The van der Waals surface area contributed by atoms with Gasteiger partial charge in [0.25, 0.3) is 5.56 Å². The Bertz CT molecular complexity index is 1130. The van der Waals surface area contributed by atoms with Crippen LogP contribution in [0.15, 0.2) is 53.3 Å². The lowest BCUT2D eigenvalue weighted by atomic mass is 10.1. The van der Waals surface area contributed by atoms with Crippen molar-refractivity contribution in [1.82, 2.24) is 4.98 Å². The SMILES string of the molecule is CC(C)COc1ccc(/C=c2/s/c(=C\C(=O)c3ccc(Cl)cc3)[nH]c2=O)cc1. The average molecular weight is 414 g/mol. The summed E-state index contributed by atoms with van der Waals surface area (Å²) in [5.41, 5.74) is 1.18. The molecule has 4 nitrogen and oxygen atoms in total. The first-order valence-electron chi connectivity index (χ1n) is 8.86. The third-order valence-corrected chi connectivity index (χ3v) is 5.05. The standard InChI is InChI=1S/C22H20ClNO3S/c1-14(2)13-27-18-9-3-15(4-10-18)11-20-22(26)24-21(28-20)12-19(25)16-5-7-17(23)8-6-16/h3-12,14H,13H2,1-2H3,(H,24,26)/b20-11+,21-12-. The van der Waals surface area contributed by atoms with Crippen molar-refractivity contribution in [2.75, 3.05) is 6.61 Å². The Hall–Kier alpha value is -2.63. The van der Waals surface area contributed by atoms with E-state index in [9.17, 15) is 9.59 Å². The summed E-state index contributed by atoms with van der Waals surface area (Å²) < 4.78 is 6.70. The van der Waals surface area contributed by atoms with Crippen LogP contribution < -0.4 is 19.5 Å².